The van der Waals surface area contributed by atoms with E-state index in [1.165, 1.54) is 6.20 Å². The molecule has 0 radical (unpaired) electrons. The summed E-state index contributed by atoms with van der Waals surface area (Å²) in [6.07, 6.45) is 3.16. The molecule has 0 aliphatic carbocycles. The smallest absolute Gasteiger partial charge is 0.318 e. The van der Waals surface area contributed by atoms with E-state index in [4.69, 9.17) is 11.5 Å². The molecule has 1 unspecified atom stereocenters. The second-order valence-corrected chi connectivity index (χ2v) is 2.98. The molecule has 1 aromatic rings. The van der Waals surface area contributed by atoms with Crippen LogP contribution in [-0.2, 0) is 11.3 Å². The Morgan fingerprint density at radius 3 is 2.87 bits per heavy atom. The van der Waals surface area contributed by atoms with Crippen molar-refractivity contribution in [3.63, 3.8) is 0 Å². The van der Waals surface area contributed by atoms with Gasteiger partial charge >= 0.3 is 6.03 Å². The number of urea groups is 1. The number of carbonyl (C=O) groups excluding carboxylic acids is 2. The van der Waals surface area contributed by atoms with Crippen LogP contribution < -0.4 is 16.8 Å². The van der Waals surface area contributed by atoms with Crippen molar-refractivity contribution < 1.29 is 9.59 Å². The maximum Gasteiger partial charge on any atom is 0.318 e. The number of nitrogens with two attached hydrogens (primary N) is 2. The van der Waals surface area contributed by atoms with E-state index in [0.717, 1.165) is 0 Å². The number of amides is 3. The Labute approximate surface area is 86.4 Å². The molecule has 0 spiro atoms. The lowest BCUT2D eigenvalue weighted by Gasteiger charge is -2.14. The van der Waals surface area contributed by atoms with Crippen molar-refractivity contribution in [3.05, 3.63) is 18.2 Å². The number of aromatic nitrogens is 2. The second-order valence-electron chi connectivity index (χ2n) is 2.98. The Morgan fingerprint density at radius 2 is 2.33 bits per heavy atom. The van der Waals surface area contributed by atoms with Gasteiger partial charge in [0, 0.05) is 12.4 Å². The fourth-order valence-electron chi connectivity index (χ4n) is 1.21. The fourth-order valence-corrected chi connectivity index (χ4v) is 1.21. The summed E-state index contributed by atoms with van der Waals surface area (Å²) >= 11 is 0. The quantitative estimate of drug-likeness (QED) is 0.600. The minimum absolute atomic E-state index is 0.223. The van der Waals surface area contributed by atoms with Crippen LogP contribution in [0.2, 0.25) is 0 Å². The molecule has 1 heterocycles. The lowest BCUT2D eigenvalue weighted by molar-refractivity contribution is -0.122. The van der Waals surface area contributed by atoms with Crippen LogP contribution in [0, 0.1) is 0 Å². The largest absolute Gasteiger partial charge is 0.351 e. The van der Waals surface area contributed by atoms with Gasteiger partial charge in [-0.3, -0.25) is 10.1 Å². The first-order chi connectivity index (χ1) is 7.06. The van der Waals surface area contributed by atoms with Crippen molar-refractivity contribution in [2.45, 2.75) is 19.5 Å². The van der Waals surface area contributed by atoms with Crippen molar-refractivity contribution in [2.75, 3.05) is 0 Å². The molecule has 0 aromatic carbocycles. The first kappa shape index (κ1) is 11.2. The molecule has 0 aliphatic rings. The zero-order valence-electron chi connectivity index (χ0n) is 8.30. The highest BCUT2D eigenvalue weighted by Gasteiger charge is 2.17. The molecule has 82 valence electrons. The topological polar surface area (TPSA) is 116 Å². The average molecular weight is 211 g/mol. The molecule has 7 nitrogen and oxygen atoms in total. The summed E-state index contributed by atoms with van der Waals surface area (Å²) in [4.78, 5) is 25.9. The maximum absolute atomic E-state index is 11.4. The molecule has 0 fully saturated rings. The highest BCUT2D eigenvalue weighted by Crippen LogP contribution is 2.08. The van der Waals surface area contributed by atoms with Crippen LogP contribution in [0.25, 0.3) is 0 Å². The van der Waals surface area contributed by atoms with Crippen molar-refractivity contribution >= 4 is 11.9 Å². The van der Waals surface area contributed by atoms with E-state index in [2.05, 4.69) is 4.98 Å². The van der Waals surface area contributed by atoms with Gasteiger partial charge in [-0.15, -0.1) is 0 Å². The summed E-state index contributed by atoms with van der Waals surface area (Å²) in [6, 6.07) is -1.44. The number of carbonyl (C=O) groups is 2. The Morgan fingerprint density at radius 1 is 1.67 bits per heavy atom. The highest BCUT2D eigenvalue weighted by molar-refractivity contribution is 5.95. The molecule has 7 heteroatoms. The molecule has 0 aliphatic heterocycles. The minimum Gasteiger partial charge on any atom is -0.351 e. The number of primary amides is 1. The third-order valence-corrected chi connectivity index (χ3v) is 1.97. The normalized spacial score (nSPS) is 12.1. The first-order valence-electron chi connectivity index (χ1n) is 4.38. The predicted octanol–water partition coefficient (Wildman–Crippen LogP) is -0.902. The van der Waals surface area contributed by atoms with Gasteiger partial charge in [0.15, 0.2) is 0 Å². The van der Waals surface area contributed by atoms with E-state index in [1.807, 2.05) is 5.32 Å². The first-order valence-corrected chi connectivity index (χ1v) is 4.38. The van der Waals surface area contributed by atoms with Crippen LogP contribution in [0.1, 0.15) is 18.8 Å². The third-order valence-electron chi connectivity index (χ3n) is 1.97. The summed E-state index contributed by atoms with van der Waals surface area (Å²) in [7, 11) is 0. The van der Waals surface area contributed by atoms with E-state index in [-0.39, 0.29) is 6.54 Å². The summed E-state index contributed by atoms with van der Waals surface area (Å²) in [5.41, 5.74) is 10.3. The van der Waals surface area contributed by atoms with Crippen LogP contribution in [-0.4, -0.2) is 21.5 Å². The summed E-state index contributed by atoms with van der Waals surface area (Å²) in [5, 5.41) is 1.99. The second kappa shape index (κ2) is 4.56. The summed E-state index contributed by atoms with van der Waals surface area (Å²) < 4.78 is 1.58. The van der Waals surface area contributed by atoms with Crippen LogP contribution in [0.5, 0.6) is 0 Å². The van der Waals surface area contributed by atoms with Crippen LogP contribution in [0.4, 0.5) is 4.79 Å². The van der Waals surface area contributed by atoms with Gasteiger partial charge < -0.3 is 16.0 Å². The Bertz CT molecular complexity index is 373. The Kier molecular flexibility index (Phi) is 3.40. The van der Waals surface area contributed by atoms with Gasteiger partial charge in [-0.2, -0.15) is 0 Å². The average Bonchev–Trinajstić information content (AvgIpc) is 2.62. The number of hydrogen-bond acceptors (Lipinski definition) is 4. The molecule has 1 aromatic heterocycles. The predicted molar refractivity (Wildman–Crippen MR) is 52.6 cm³/mol. The molecule has 0 bridgehead atoms. The van der Waals surface area contributed by atoms with E-state index in [9.17, 15) is 9.59 Å². The maximum atomic E-state index is 11.4. The molecule has 3 amide bonds. The van der Waals surface area contributed by atoms with Gasteiger partial charge in [-0.05, 0) is 6.92 Å². The van der Waals surface area contributed by atoms with E-state index in [1.54, 1.807) is 17.7 Å². The zero-order chi connectivity index (χ0) is 11.4. The monoisotopic (exact) mass is 211 g/mol. The number of hydrogen-bond donors (Lipinski definition) is 3. The SMILES string of the molecule is CC(C(=O)NC(N)=O)n1ccnc1CN. The van der Waals surface area contributed by atoms with Gasteiger partial charge in [-0.25, -0.2) is 9.78 Å². The summed E-state index contributed by atoms with van der Waals surface area (Å²) in [6.45, 7) is 1.85. The molecule has 0 saturated heterocycles. The number of nitrogens with zero attached hydrogens (tertiary/aromatic N) is 2. The van der Waals surface area contributed by atoms with Crippen LogP contribution >= 0.6 is 0 Å². The van der Waals surface area contributed by atoms with Gasteiger partial charge in [0.1, 0.15) is 11.9 Å². The molecular weight excluding hydrogens is 198 g/mol. The van der Waals surface area contributed by atoms with Crippen molar-refractivity contribution in [1.82, 2.24) is 14.9 Å². The van der Waals surface area contributed by atoms with Gasteiger partial charge in [0.25, 0.3) is 5.91 Å². The number of rotatable bonds is 3. The Hall–Kier alpha value is -1.89. The number of imidazole rings is 1. The van der Waals surface area contributed by atoms with Crippen molar-refractivity contribution in [3.8, 4) is 0 Å². The lowest BCUT2D eigenvalue weighted by atomic mass is 10.3. The van der Waals surface area contributed by atoms with Gasteiger partial charge in [-0.1, -0.05) is 0 Å². The van der Waals surface area contributed by atoms with Crippen molar-refractivity contribution in [1.29, 1.82) is 0 Å². The van der Waals surface area contributed by atoms with Crippen molar-refractivity contribution in [2.24, 2.45) is 11.5 Å². The van der Waals surface area contributed by atoms with Gasteiger partial charge in [0.2, 0.25) is 0 Å². The molecule has 5 N–H and O–H groups in total. The molecule has 1 atom stereocenters. The molecular formula is C8H13N5O2. The fraction of sp³-hybridized carbons (Fsp3) is 0.375. The molecule has 1 rings (SSSR count). The summed E-state index contributed by atoms with van der Waals surface area (Å²) in [5.74, 6) is 0.0809. The van der Waals surface area contributed by atoms with E-state index < -0.39 is 18.0 Å². The number of imide groups is 1. The van der Waals surface area contributed by atoms with E-state index >= 15 is 0 Å². The molecule has 0 saturated carbocycles. The lowest BCUT2D eigenvalue weighted by Crippen LogP contribution is -2.39. The van der Waals surface area contributed by atoms with Crippen LogP contribution in [0.3, 0.4) is 0 Å². The standard InChI is InChI=1S/C8H13N5O2/c1-5(7(14)12-8(10)15)13-3-2-11-6(13)4-9/h2-3,5H,4,9H2,1H3,(H3,10,12,14,15). The third kappa shape index (κ3) is 2.53. The zero-order valence-corrected chi connectivity index (χ0v) is 8.30. The minimum atomic E-state index is -0.874. The number of nitrogens with one attached hydrogen (secondary N) is 1. The van der Waals surface area contributed by atoms with Crippen LogP contribution in [0.15, 0.2) is 12.4 Å². The highest BCUT2D eigenvalue weighted by atomic mass is 16.2. The van der Waals surface area contributed by atoms with E-state index in [0.29, 0.717) is 5.82 Å². The van der Waals surface area contributed by atoms with Gasteiger partial charge in [0.05, 0.1) is 6.54 Å². The molecule has 15 heavy (non-hydrogen) atoms. The Balaban J connectivity index is 2.80.